The van der Waals surface area contributed by atoms with Gasteiger partial charge >= 0.3 is 0 Å². The lowest BCUT2D eigenvalue weighted by Crippen LogP contribution is -2.36. The molecule has 112 valence electrons. The first-order chi connectivity index (χ1) is 9.62. The molecule has 1 amide bonds. The third-order valence-corrected chi connectivity index (χ3v) is 3.55. The lowest BCUT2D eigenvalue weighted by Gasteiger charge is -2.26. The zero-order chi connectivity index (χ0) is 15.0. The molecule has 2 N–H and O–H groups in total. The van der Waals surface area contributed by atoms with Crippen LogP contribution in [0.1, 0.15) is 25.8 Å². The van der Waals surface area contributed by atoms with E-state index in [1.54, 1.807) is 7.05 Å². The summed E-state index contributed by atoms with van der Waals surface area (Å²) in [4.78, 5) is 13.8. The number of hydrogen-bond donors (Lipinski definition) is 2. The number of hydrogen-bond acceptors (Lipinski definition) is 3. The molecule has 20 heavy (non-hydrogen) atoms. The van der Waals surface area contributed by atoms with Crippen molar-refractivity contribution in [1.82, 2.24) is 10.6 Å². The summed E-state index contributed by atoms with van der Waals surface area (Å²) in [5.41, 5.74) is 2.33. The van der Waals surface area contributed by atoms with Crippen molar-refractivity contribution in [3.63, 3.8) is 0 Å². The minimum Gasteiger partial charge on any atom is -0.362 e. The topological polar surface area (TPSA) is 44.4 Å². The van der Waals surface area contributed by atoms with Gasteiger partial charge in [0.05, 0.1) is 6.54 Å². The Balaban J connectivity index is 3.00. The van der Waals surface area contributed by atoms with Gasteiger partial charge in [-0.2, -0.15) is 0 Å². The second kappa shape index (κ2) is 8.97. The van der Waals surface area contributed by atoms with Crippen molar-refractivity contribution in [3.05, 3.63) is 28.2 Å². The number of nitrogens with one attached hydrogen (secondary N) is 2. The highest BCUT2D eigenvalue weighted by molar-refractivity contribution is 9.10. The second-order valence-corrected chi connectivity index (χ2v) is 5.56. The van der Waals surface area contributed by atoms with Crippen LogP contribution in [0.3, 0.4) is 0 Å². The molecular weight excluding hydrogens is 318 g/mol. The number of likely N-dealkylation sites (N-methyl/N-ethyl adjacent to an activating group) is 1. The van der Waals surface area contributed by atoms with Crippen LogP contribution in [-0.4, -0.2) is 32.6 Å². The lowest BCUT2D eigenvalue weighted by molar-refractivity contribution is -0.119. The van der Waals surface area contributed by atoms with Crippen LogP contribution in [0.25, 0.3) is 0 Å². The molecule has 0 aliphatic carbocycles. The van der Waals surface area contributed by atoms with E-state index in [9.17, 15) is 4.79 Å². The minimum atomic E-state index is 0.0377. The summed E-state index contributed by atoms with van der Waals surface area (Å²) in [6.07, 6.45) is 1.01. The van der Waals surface area contributed by atoms with Gasteiger partial charge in [-0.15, -0.1) is 0 Å². The number of anilines is 1. The highest BCUT2D eigenvalue weighted by Crippen LogP contribution is 2.25. The van der Waals surface area contributed by atoms with Crippen molar-refractivity contribution >= 4 is 27.5 Å². The normalized spacial score (nSPS) is 10.4. The number of rotatable bonds is 8. The zero-order valence-electron chi connectivity index (χ0n) is 12.5. The van der Waals surface area contributed by atoms with E-state index in [1.807, 2.05) is 6.07 Å². The monoisotopic (exact) mass is 341 g/mol. The average molecular weight is 342 g/mol. The molecule has 0 atom stereocenters. The van der Waals surface area contributed by atoms with Crippen LogP contribution in [0, 0.1) is 0 Å². The van der Waals surface area contributed by atoms with Crippen LogP contribution in [0.2, 0.25) is 0 Å². The van der Waals surface area contributed by atoms with Crippen LogP contribution in [-0.2, 0) is 11.3 Å². The Hall–Kier alpha value is -1.07. The van der Waals surface area contributed by atoms with E-state index in [-0.39, 0.29) is 5.91 Å². The number of benzene rings is 1. The van der Waals surface area contributed by atoms with E-state index in [1.165, 1.54) is 5.56 Å². The van der Waals surface area contributed by atoms with Crippen LogP contribution in [0.5, 0.6) is 0 Å². The van der Waals surface area contributed by atoms with Gasteiger partial charge in [0, 0.05) is 30.3 Å². The number of nitrogens with zero attached hydrogens (tertiary/aromatic N) is 1. The predicted octanol–water partition coefficient (Wildman–Crippen LogP) is 2.52. The molecule has 0 bridgehead atoms. The van der Waals surface area contributed by atoms with Gasteiger partial charge in [0.2, 0.25) is 5.91 Å². The molecule has 0 heterocycles. The molecule has 0 spiro atoms. The largest absolute Gasteiger partial charge is 0.362 e. The first-order valence-corrected chi connectivity index (χ1v) is 7.86. The molecule has 0 fully saturated rings. The molecule has 1 aromatic rings. The Bertz CT molecular complexity index is 437. The van der Waals surface area contributed by atoms with Crippen molar-refractivity contribution in [2.24, 2.45) is 0 Å². The summed E-state index contributed by atoms with van der Waals surface area (Å²) in [6, 6.07) is 6.22. The van der Waals surface area contributed by atoms with Crippen molar-refractivity contribution in [1.29, 1.82) is 0 Å². The molecule has 0 saturated carbocycles. The SMILES string of the molecule is CCCN(CC(=O)NC)c1ccc(Br)cc1CNCC. The summed E-state index contributed by atoms with van der Waals surface area (Å²) in [5.74, 6) is 0.0377. The van der Waals surface area contributed by atoms with E-state index in [4.69, 9.17) is 0 Å². The van der Waals surface area contributed by atoms with E-state index in [0.717, 1.165) is 36.2 Å². The molecule has 1 rings (SSSR count). The average Bonchev–Trinajstić information content (AvgIpc) is 2.44. The maximum Gasteiger partial charge on any atom is 0.239 e. The summed E-state index contributed by atoms with van der Waals surface area (Å²) >= 11 is 3.52. The summed E-state index contributed by atoms with van der Waals surface area (Å²) in [7, 11) is 1.67. The molecule has 0 aromatic heterocycles. The van der Waals surface area contributed by atoms with E-state index in [0.29, 0.717) is 6.54 Å². The number of carbonyl (C=O) groups is 1. The highest BCUT2D eigenvalue weighted by Gasteiger charge is 2.13. The zero-order valence-corrected chi connectivity index (χ0v) is 14.1. The Labute approximate surface area is 130 Å². The molecule has 4 nitrogen and oxygen atoms in total. The summed E-state index contributed by atoms with van der Waals surface area (Å²) < 4.78 is 1.06. The van der Waals surface area contributed by atoms with Gasteiger partial charge in [-0.25, -0.2) is 0 Å². The van der Waals surface area contributed by atoms with Crippen molar-refractivity contribution in [2.75, 3.05) is 31.6 Å². The summed E-state index contributed by atoms with van der Waals surface area (Å²) in [6.45, 7) is 7.21. The van der Waals surface area contributed by atoms with E-state index in [2.05, 4.69) is 57.4 Å². The van der Waals surface area contributed by atoms with Crippen LogP contribution in [0.4, 0.5) is 5.69 Å². The Morgan fingerprint density at radius 3 is 2.70 bits per heavy atom. The second-order valence-electron chi connectivity index (χ2n) is 4.65. The van der Waals surface area contributed by atoms with Gasteiger partial charge < -0.3 is 15.5 Å². The van der Waals surface area contributed by atoms with Crippen LogP contribution < -0.4 is 15.5 Å². The fraction of sp³-hybridized carbons (Fsp3) is 0.533. The Morgan fingerprint density at radius 2 is 2.10 bits per heavy atom. The molecular formula is C15H24BrN3O. The molecule has 0 radical (unpaired) electrons. The number of halogens is 1. The smallest absolute Gasteiger partial charge is 0.239 e. The first kappa shape index (κ1) is 17.0. The highest BCUT2D eigenvalue weighted by atomic mass is 79.9. The maximum atomic E-state index is 11.7. The number of amides is 1. The minimum absolute atomic E-state index is 0.0377. The third-order valence-electron chi connectivity index (χ3n) is 3.05. The van der Waals surface area contributed by atoms with E-state index < -0.39 is 0 Å². The molecule has 0 unspecified atom stereocenters. The number of carbonyl (C=O) groups excluding carboxylic acids is 1. The molecule has 1 aromatic carbocycles. The van der Waals surface area contributed by atoms with Gasteiger partial charge in [0.25, 0.3) is 0 Å². The van der Waals surface area contributed by atoms with Gasteiger partial charge in [0.1, 0.15) is 0 Å². The molecule has 0 saturated heterocycles. The van der Waals surface area contributed by atoms with Gasteiger partial charge in [-0.05, 0) is 36.7 Å². The van der Waals surface area contributed by atoms with Gasteiger partial charge in [0.15, 0.2) is 0 Å². The molecule has 0 aliphatic rings. The van der Waals surface area contributed by atoms with Crippen molar-refractivity contribution in [2.45, 2.75) is 26.8 Å². The van der Waals surface area contributed by atoms with Crippen molar-refractivity contribution in [3.8, 4) is 0 Å². The van der Waals surface area contributed by atoms with Crippen LogP contribution >= 0.6 is 15.9 Å². The Morgan fingerprint density at radius 1 is 1.35 bits per heavy atom. The fourth-order valence-corrected chi connectivity index (χ4v) is 2.48. The predicted molar refractivity (Wildman–Crippen MR) is 88.1 cm³/mol. The van der Waals surface area contributed by atoms with E-state index >= 15 is 0 Å². The van der Waals surface area contributed by atoms with Gasteiger partial charge in [-0.3, -0.25) is 4.79 Å². The van der Waals surface area contributed by atoms with Gasteiger partial charge in [-0.1, -0.05) is 29.8 Å². The standard InChI is InChI=1S/C15H24BrN3O/c1-4-8-19(11-15(20)17-3)14-7-6-13(16)9-12(14)10-18-5-2/h6-7,9,18H,4-5,8,10-11H2,1-3H3,(H,17,20). The Kier molecular flexibility index (Phi) is 7.62. The van der Waals surface area contributed by atoms with Crippen molar-refractivity contribution < 1.29 is 4.79 Å². The molecule has 5 heteroatoms. The quantitative estimate of drug-likeness (QED) is 0.763. The first-order valence-electron chi connectivity index (χ1n) is 7.07. The lowest BCUT2D eigenvalue weighted by atomic mass is 10.1. The molecule has 0 aliphatic heterocycles. The maximum absolute atomic E-state index is 11.7. The fourth-order valence-electron chi connectivity index (χ4n) is 2.07. The summed E-state index contributed by atoms with van der Waals surface area (Å²) in [5, 5.41) is 6.04. The third kappa shape index (κ3) is 5.13. The van der Waals surface area contributed by atoms with Crippen LogP contribution in [0.15, 0.2) is 22.7 Å².